The van der Waals surface area contributed by atoms with Crippen LogP contribution in [0, 0.1) is 0 Å². The molecule has 23 heavy (non-hydrogen) atoms. The fourth-order valence-electron chi connectivity index (χ4n) is 2.41. The van der Waals surface area contributed by atoms with Gasteiger partial charge in [-0.05, 0) is 38.2 Å². The van der Waals surface area contributed by atoms with Crippen LogP contribution in [0.25, 0.3) is 0 Å². The molecule has 1 aliphatic rings. The quantitative estimate of drug-likeness (QED) is 0.249. The van der Waals surface area contributed by atoms with E-state index in [0.29, 0.717) is 25.5 Å². The third-order valence-corrected chi connectivity index (χ3v) is 4.08. The van der Waals surface area contributed by atoms with Crippen molar-refractivity contribution in [2.75, 3.05) is 44.7 Å². The first-order chi connectivity index (χ1) is 10.4. The number of unbranched alkanes of at least 4 members (excludes halogenated alkanes) is 1. The summed E-state index contributed by atoms with van der Waals surface area (Å²) in [7, 11) is 0. The standard InChI is InChI=1S/C14H27F3N4S.HI/c1-3-18-13(19-7-4-5-9-22-2)20-12-6-8-21(10-12)11-14(15,16)17;/h12H,3-11H2,1-2H3,(H2,18,19,20);1H. The van der Waals surface area contributed by atoms with Gasteiger partial charge in [-0.15, -0.1) is 24.0 Å². The molecule has 1 rings (SSSR count). The predicted octanol–water partition coefficient (Wildman–Crippen LogP) is 2.94. The van der Waals surface area contributed by atoms with E-state index in [1.54, 1.807) is 0 Å². The molecular weight excluding hydrogens is 440 g/mol. The predicted molar refractivity (Wildman–Crippen MR) is 103 cm³/mol. The lowest BCUT2D eigenvalue weighted by atomic mass is 10.3. The fraction of sp³-hybridized carbons (Fsp3) is 0.929. The minimum Gasteiger partial charge on any atom is -0.357 e. The van der Waals surface area contributed by atoms with Gasteiger partial charge in [-0.25, -0.2) is 0 Å². The van der Waals surface area contributed by atoms with E-state index in [1.165, 1.54) is 4.90 Å². The molecule has 1 atom stereocenters. The number of likely N-dealkylation sites (tertiary alicyclic amines) is 1. The molecule has 0 spiro atoms. The summed E-state index contributed by atoms with van der Waals surface area (Å²) in [6.45, 7) is 3.54. The van der Waals surface area contributed by atoms with Crippen molar-refractivity contribution in [2.24, 2.45) is 4.99 Å². The maximum atomic E-state index is 12.4. The molecule has 0 aromatic heterocycles. The highest BCUT2D eigenvalue weighted by atomic mass is 127. The Morgan fingerprint density at radius 3 is 2.70 bits per heavy atom. The van der Waals surface area contributed by atoms with Crippen LogP contribution in [-0.2, 0) is 0 Å². The molecule has 0 bridgehead atoms. The largest absolute Gasteiger partial charge is 0.401 e. The molecule has 1 unspecified atom stereocenters. The van der Waals surface area contributed by atoms with Crippen molar-refractivity contribution in [1.29, 1.82) is 0 Å². The minimum atomic E-state index is -4.12. The maximum absolute atomic E-state index is 12.4. The zero-order valence-corrected chi connectivity index (χ0v) is 16.9. The molecule has 0 aromatic rings. The first-order valence-corrected chi connectivity index (χ1v) is 9.17. The van der Waals surface area contributed by atoms with Gasteiger partial charge < -0.3 is 10.6 Å². The average molecular weight is 468 g/mol. The van der Waals surface area contributed by atoms with E-state index < -0.39 is 12.7 Å². The molecule has 0 radical (unpaired) electrons. The van der Waals surface area contributed by atoms with Gasteiger partial charge >= 0.3 is 6.18 Å². The molecule has 0 aromatic carbocycles. The van der Waals surface area contributed by atoms with Gasteiger partial charge in [-0.3, -0.25) is 9.89 Å². The van der Waals surface area contributed by atoms with Gasteiger partial charge in [0.1, 0.15) is 0 Å². The lowest BCUT2D eigenvalue weighted by Gasteiger charge is -2.19. The van der Waals surface area contributed by atoms with Crippen molar-refractivity contribution in [2.45, 2.75) is 38.4 Å². The van der Waals surface area contributed by atoms with Gasteiger partial charge in [-0.1, -0.05) is 0 Å². The summed E-state index contributed by atoms with van der Waals surface area (Å²) in [6.07, 6.45) is 0.842. The molecule has 0 aliphatic carbocycles. The number of nitrogens with one attached hydrogen (secondary N) is 2. The molecule has 0 amide bonds. The first kappa shape index (κ1) is 23.1. The van der Waals surface area contributed by atoms with E-state index in [2.05, 4.69) is 21.9 Å². The number of rotatable bonds is 8. The van der Waals surface area contributed by atoms with Crippen LogP contribution >= 0.6 is 35.7 Å². The number of nitrogens with zero attached hydrogens (tertiary/aromatic N) is 2. The van der Waals surface area contributed by atoms with E-state index in [0.717, 1.165) is 31.7 Å². The lowest BCUT2D eigenvalue weighted by molar-refractivity contribution is -0.143. The zero-order chi connectivity index (χ0) is 16.4. The van der Waals surface area contributed by atoms with E-state index >= 15 is 0 Å². The Labute approximate surface area is 158 Å². The van der Waals surface area contributed by atoms with Crippen LogP contribution in [0.2, 0.25) is 0 Å². The fourth-order valence-corrected chi connectivity index (χ4v) is 2.90. The van der Waals surface area contributed by atoms with Gasteiger partial charge in [0.05, 0.1) is 6.54 Å². The van der Waals surface area contributed by atoms with Crippen LogP contribution in [0.15, 0.2) is 4.99 Å². The van der Waals surface area contributed by atoms with E-state index in [4.69, 9.17) is 0 Å². The van der Waals surface area contributed by atoms with Gasteiger partial charge in [-0.2, -0.15) is 24.9 Å². The normalized spacial score (nSPS) is 19.5. The van der Waals surface area contributed by atoms with Crippen LogP contribution in [0.5, 0.6) is 0 Å². The number of thioether (sulfide) groups is 1. The second-order valence-electron chi connectivity index (χ2n) is 5.44. The minimum absolute atomic E-state index is 0. The Bertz CT molecular complexity index is 342. The van der Waals surface area contributed by atoms with Crippen molar-refractivity contribution in [3.63, 3.8) is 0 Å². The Hall–Kier alpha value is 0.1000. The first-order valence-electron chi connectivity index (χ1n) is 7.77. The van der Waals surface area contributed by atoms with Crippen LogP contribution in [0.4, 0.5) is 13.2 Å². The van der Waals surface area contributed by atoms with Crippen LogP contribution < -0.4 is 10.6 Å². The molecule has 0 saturated carbocycles. The number of aliphatic imine (C=N–C) groups is 1. The molecule has 1 aliphatic heterocycles. The highest BCUT2D eigenvalue weighted by Gasteiger charge is 2.34. The topological polar surface area (TPSA) is 39.7 Å². The summed E-state index contributed by atoms with van der Waals surface area (Å²) in [6, 6.07) is 0.0337. The highest BCUT2D eigenvalue weighted by molar-refractivity contribution is 14.0. The van der Waals surface area contributed by atoms with E-state index in [-0.39, 0.29) is 30.0 Å². The van der Waals surface area contributed by atoms with Crippen molar-refractivity contribution in [3.05, 3.63) is 0 Å². The summed E-state index contributed by atoms with van der Waals surface area (Å²) in [4.78, 5) is 5.94. The zero-order valence-electron chi connectivity index (χ0n) is 13.8. The van der Waals surface area contributed by atoms with Gasteiger partial charge in [0.25, 0.3) is 0 Å². The Kier molecular flexibility index (Phi) is 12.5. The number of halogens is 4. The second kappa shape index (κ2) is 12.5. The molecule has 2 N–H and O–H groups in total. The monoisotopic (exact) mass is 468 g/mol. The van der Waals surface area contributed by atoms with Gasteiger partial charge in [0.2, 0.25) is 0 Å². The van der Waals surface area contributed by atoms with Crippen molar-refractivity contribution < 1.29 is 13.2 Å². The molecule has 4 nitrogen and oxygen atoms in total. The second-order valence-corrected chi connectivity index (χ2v) is 6.43. The maximum Gasteiger partial charge on any atom is 0.401 e. The smallest absolute Gasteiger partial charge is 0.357 e. The number of alkyl halides is 3. The summed E-state index contributed by atoms with van der Waals surface area (Å²) >= 11 is 1.82. The van der Waals surface area contributed by atoms with Crippen LogP contribution in [0.1, 0.15) is 26.2 Å². The van der Waals surface area contributed by atoms with E-state index in [9.17, 15) is 13.2 Å². The van der Waals surface area contributed by atoms with Crippen LogP contribution in [0.3, 0.4) is 0 Å². The Balaban J connectivity index is 0.00000484. The summed E-state index contributed by atoms with van der Waals surface area (Å²) in [5.41, 5.74) is 0. The lowest BCUT2D eigenvalue weighted by Crippen LogP contribution is -2.45. The molecule has 9 heteroatoms. The molecule has 1 heterocycles. The van der Waals surface area contributed by atoms with Crippen molar-refractivity contribution in [1.82, 2.24) is 15.5 Å². The van der Waals surface area contributed by atoms with Gasteiger partial charge in [0.15, 0.2) is 5.96 Å². The SMILES string of the molecule is CCNC(=NCCCCSC)NC1CCN(CC(F)(F)F)C1.I. The summed E-state index contributed by atoms with van der Waals surface area (Å²) in [5, 5.41) is 6.40. The third kappa shape index (κ3) is 11.3. The molecule has 1 saturated heterocycles. The Morgan fingerprint density at radius 1 is 1.35 bits per heavy atom. The average Bonchev–Trinajstić information content (AvgIpc) is 2.83. The molecule has 1 fully saturated rings. The molecular formula is C14H28F3IN4S. The number of hydrogen-bond acceptors (Lipinski definition) is 3. The summed E-state index contributed by atoms with van der Waals surface area (Å²) < 4.78 is 37.2. The van der Waals surface area contributed by atoms with Crippen LogP contribution in [-0.4, -0.2) is 67.8 Å². The third-order valence-electron chi connectivity index (χ3n) is 3.39. The summed E-state index contributed by atoms with van der Waals surface area (Å²) in [5.74, 6) is 1.85. The highest BCUT2D eigenvalue weighted by Crippen LogP contribution is 2.19. The Morgan fingerprint density at radius 2 is 2.09 bits per heavy atom. The van der Waals surface area contributed by atoms with Crippen molar-refractivity contribution in [3.8, 4) is 0 Å². The molecule has 138 valence electrons. The van der Waals surface area contributed by atoms with Crippen molar-refractivity contribution >= 4 is 41.7 Å². The van der Waals surface area contributed by atoms with Gasteiger partial charge in [0, 0.05) is 32.2 Å². The number of hydrogen-bond donors (Lipinski definition) is 2. The number of guanidine groups is 1. The van der Waals surface area contributed by atoms with E-state index in [1.807, 2.05) is 18.7 Å².